The zero-order valence-corrected chi connectivity index (χ0v) is 16.2. The molecule has 3 rings (SSSR count). The van der Waals surface area contributed by atoms with Crippen molar-refractivity contribution in [3.8, 4) is 0 Å². The summed E-state index contributed by atoms with van der Waals surface area (Å²) in [6, 6.07) is 5.99. The number of hydrogen-bond donors (Lipinski definition) is 4. The number of rotatable bonds is 7. The Bertz CT molecular complexity index is 943. The monoisotopic (exact) mass is 369 g/mol. The largest absolute Gasteiger partial charge is 0.398 e. The molecule has 2 heterocycles. The highest BCUT2D eigenvalue weighted by molar-refractivity contribution is 5.84. The topological polar surface area (TPSA) is 114 Å². The molecule has 0 fully saturated rings. The second-order valence-electron chi connectivity index (χ2n) is 7.32. The van der Waals surface area contributed by atoms with Crippen LogP contribution in [0.3, 0.4) is 0 Å². The number of anilines is 3. The SMILES string of the molecule is CCn1cnc2c(NCc3ccc(C)cc3N)nc(NCC(C)(C)O)nc21. The number of nitrogens with zero attached hydrogens (tertiary/aromatic N) is 4. The molecule has 0 aliphatic carbocycles. The molecule has 3 aromatic rings. The van der Waals surface area contributed by atoms with Crippen molar-refractivity contribution < 1.29 is 5.11 Å². The van der Waals surface area contributed by atoms with Crippen molar-refractivity contribution in [3.63, 3.8) is 0 Å². The number of nitrogens with one attached hydrogen (secondary N) is 2. The molecule has 0 aliphatic heterocycles. The van der Waals surface area contributed by atoms with Gasteiger partial charge in [-0.05, 0) is 44.9 Å². The van der Waals surface area contributed by atoms with Crippen molar-refractivity contribution in [1.82, 2.24) is 19.5 Å². The number of imidazole rings is 1. The van der Waals surface area contributed by atoms with E-state index >= 15 is 0 Å². The Morgan fingerprint density at radius 3 is 2.67 bits per heavy atom. The fourth-order valence-electron chi connectivity index (χ4n) is 2.73. The summed E-state index contributed by atoms with van der Waals surface area (Å²) in [5.41, 5.74) is 9.56. The molecule has 144 valence electrons. The van der Waals surface area contributed by atoms with Gasteiger partial charge in [-0.15, -0.1) is 0 Å². The predicted molar refractivity (Wildman–Crippen MR) is 109 cm³/mol. The van der Waals surface area contributed by atoms with Crippen LogP contribution in [-0.2, 0) is 13.1 Å². The van der Waals surface area contributed by atoms with E-state index < -0.39 is 5.60 Å². The second-order valence-corrected chi connectivity index (χ2v) is 7.32. The minimum atomic E-state index is -0.868. The Morgan fingerprint density at radius 2 is 2.00 bits per heavy atom. The maximum absolute atomic E-state index is 9.96. The van der Waals surface area contributed by atoms with E-state index in [0.29, 0.717) is 30.4 Å². The molecule has 0 aliphatic rings. The molecule has 8 heteroatoms. The van der Waals surface area contributed by atoms with Crippen LogP contribution in [0.4, 0.5) is 17.5 Å². The summed E-state index contributed by atoms with van der Waals surface area (Å²) < 4.78 is 1.96. The molecule has 0 bridgehead atoms. The molecule has 0 spiro atoms. The van der Waals surface area contributed by atoms with E-state index in [9.17, 15) is 5.11 Å². The van der Waals surface area contributed by atoms with Gasteiger partial charge in [0.2, 0.25) is 5.95 Å². The van der Waals surface area contributed by atoms with E-state index in [-0.39, 0.29) is 0 Å². The zero-order chi connectivity index (χ0) is 19.6. The van der Waals surface area contributed by atoms with E-state index in [0.717, 1.165) is 29.0 Å². The Morgan fingerprint density at radius 1 is 1.22 bits per heavy atom. The van der Waals surface area contributed by atoms with Crippen LogP contribution in [0.1, 0.15) is 31.9 Å². The van der Waals surface area contributed by atoms with Crippen LogP contribution in [0.2, 0.25) is 0 Å². The number of aryl methyl sites for hydroxylation is 2. The van der Waals surface area contributed by atoms with Crippen LogP contribution >= 0.6 is 0 Å². The molecule has 0 saturated carbocycles. The number of aliphatic hydroxyl groups is 1. The Kier molecular flexibility index (Phi) is 5.18. The van der Waals surface area contributed by atoms with Crippen molar-refractivity contribution in [2.24, 2.45) is 0 Å². The standard InChI is InChI=1S/C19H27N7O/c1-5-26-11-23-15-16(21-9-13-7-6-12(2)8-14(13)20)24-18(25-17(15)26)22-10-19(3,4)27/h6-8,11,27H,5,9-10,20H2,1-4H3,(H2,21,22,24,25). The third-order valence-electron chi connectivity index (χ3n) is 4.23. The molecule has 5 N–H and O–H groups in total. The molecule has 0 atom stereocenters. The van der Waals surface area contributed by atoms with Crippen LogP contribution in [0.5, 0.6) is 0 Å². The number of hydrogen-bond acceptors (Lipinski definition) is 7. The zero-order valence-electron chi connectivity index (χ0n) is 16.2. The smallest absolute Gasteiger partial charge is 0.226 e. The molecule has 27 heavy (non-hydrogen) atoms. The van der Waals surface area contributed by atoms with Gasteiger partial charge in [0.05, 0.1) is 11.9 Å². The highest BCUT2D eigenvalue weighted by atomic mass is 16.3. The van der Waals surface area contributed by atoms with E-state index in [4.69, 9.17) is 5.73 Å². The Labute approximate surface area is 158 Å². The van der Waals surface area contributed by atoms with Crippen molar-refractivity contribution in [3.05, 3.63) is 35.7 Å². The van der Waals surface area contributed by atoms with Crippen molar-refractivity contribution in [2.45, 2.75) is 46.4 Å². The molecule has 0 saturated heterocycles. The van der Waals surface area contributed by atoms with Gasteiger partial charge in [0.1, 0.15) is 0 Å². The van der Waals surface area contributed by atoms with Crippen LogP contribution in [0, 0.1) is 6.92 Å². The highest BCUT2D eigenvalue weighted by Gasteiger charge is 2.16. The molecule has 0 radical (unpaired) electrons. The highest BCUT2D eigenvalue weighted by Crippen LogP contribution is 2.23. The number of benzene rings is 1. The van der Waals surface area contributed by atoms with Gasteiger partial charge in [-0.2, -0.15) is 9.97 Å². The molecular weight excluding hydrogens is 342 g/mol. The van der Waals surface area contributed by atoms with Crippen molar-refractivity contribution >= 4 is 28.6 Å². The van der Waals surface area contributed by atoms with Crippen molar-refractivity contribution in [2.75, 3.05) is 22.9 Å². The summed E-state index contributed by atoms with van der Waals surface area (Å²) >= 11 is 0. The lowest BCUT2D eigenvalue weighted by Gasteiger charge is -2.18. The first-order chi connectivity index (χ1) is 12.8. The maximum atomic E-state index is 9.96. The molecular formula is C19H27N7O. The summed E-state index contributed by atoms with van der Waals surface area (Å²) in [4.78, 5) is 13.6. The first-order valence-electron chi connectivity index (χ1n) is 9.05. The van der Waals surface area contributed by atoms with Gasteiger partial charge >= 0.3 is 0 Å². The third kappa shape index (κ3) is 4.46. The fraction of sp³-hybridized carbons (Fsp3) is 0.421. The number of nitrogen functional groups attached to an aromatic ring is 1. The molecule has 0 unspecified atom stereocenters. The van der Waals surface area contributed by atoms with E-state index in [1.165, 1.54) is 0 Å². The minimum absolute atomic E-state index is 0.336. The summed E-state index contributed by atoms with van der Waals surface area (Å²) in [6.45, 7) is 9.13. The lowest BCUT2D eigenvalue weighted by Crippen LogP contribution is -2.30. The van der Waals surface area contributed by atoms with Gasteiger partial charge in [-0.1, -0.05) is 12.1 Å². The van der Waals surface area contributed by atoms with Gasteiger partial charge in [0, 0.05) is 25.3 Å². The Balaban J connectivity index is 1.91. The number of nitrogens with two attached hydrogens (primary N) is 1. The molecule has 1 aromatic carbocycles. The molecule has 2 aromatic heterocycles. The Hall–Kier alpha value is -2.87. The van der Waals surface area contributed by atoms with Gasteiger partial charge in [-0.25, -0.2) is 4.98 Å². The summed E-state index contributed by atoms with van der Waals surface area (Å²) in [5, 5.41) is 16.4. The van der Waals surface area contributed by atoms with Crippen molar-refractivity contribution in [1.29, 1.82) is 0 Å². The van der Waals surface area contributed by atoms with Gasteiger partial charge in [-0.3, -0.25) is 0 Å². The minimum Gasteiger partial charge on any atom is -0.398 e. The maximum Gasteiger partial charge on any atom is 0.226 e. The summed E-state index contributed by atoms with van der Waals surface area (Å²) in [6.07, 6.45) is 1.75. The third-order valence-corrected chi connectivity index (χ3v) is 4.23. The van der Waals surface area contributed by atoms with Crippen LogP contribution in [0.15, 0.2) is 24.5 Å². The van der Waals surface area contributed by atoms with E-state index in [2.05, 4.69) is 25.6 Å². The lowest BCUT2D eigenvalue weighted by atomic mass is 10.1. The first-order valence-corrected chi connectivity index (χ1v) is 9.05. The van der Waals surface area contributed by atoms with E-state index in [1.54, 1.807) is 20.2 Å². The fourth-order valence-corrected chi connectivity index (χ4v) is 2.73. The van der Waals surface area contributed by atoms with Crippen LogP contribution in [0.25, 0.3) is 11.2 Å². The number of fused-ring (bicyclic) bond motifs is 1. The average molecular weight is 369 g/mol. The number of aromatic nitrogens is 4. The van der Waals surface area contributed by atoms with Crippen LogP contribution in [-0.4, -0.2) is 36.8 Å². The van der Waals surface area contributed by atoms with E-state index in [1.807, 2.05) is 36.6 Å². The quantitative estimate of drug-likeness (QED) is 0.473. The normalized spacial score (nSPS) is 11.7. The second kappa shape index (κ2) is 7.40. The first kappa shape index (κ1) is 18.9. The lowest BCUT2D eigenvalue weighted by molar-refractivity contribution is 0.0943. The van der Waals surface area contributed by atoms with Gasteiger partial charge in [0.15, 0.2) is 17.0 Å². The molecule has 8 nitrogen and oxygen atoms in total. The van der Waals surface area contributed by atoms with Gasteiger partial charge < -0.3 is 26.0 Å². The van der Waals surface area contributed by atoms with Crippen LogP contribution < -0.4 is 16.4 Å². The predicted octanol–water partition coefficient (Wildman–Crippen LogP) is 2.53. The summed E-state index contributed by atoms with van der Waals surface area (Å²) in [5.74, 6) is 1.07. The molecule has 0 amide bonds. The average Bonchev–Trinajstić information content (AvgIpc) is 3.01. The van der Waals surface area contributed by atoms with Gasteiger partial charge in [0.25, 0.3) is 0 Å². The summed E-state index contributed by atoms with van der Waals surface area (Å²) in [7, 11) is 0.